The molecule has 0 saturated heterocycles. The minimum Gasteiger partial charge on any atom is -0.0654 e. The molecule has 0 amide bonds. The lowest BCUT2D eigenvalue weighted by atomic mass is 9.47. The number of hydrogen-bond acceptors (Lipinski definition) is 0. The first-order valence-electron chi connectivity index (χ1n) is 21.1. The summed E-state index contributed by atoms with van der Waals surface area (Å²) in [5.41, 5.74) is 0.448. The second kappa shape index (κ2) is 26.0. The standard InChI is InChI=1S/C44H90/c1-14-22-25-29-39(27-17-4)33-42(31-24-16-3)44(32-19-6,38(13)36(11)35(9)10)43(37(12)41(20-7)21-8)34-40(28-18-5)30-26-23-15-2/h35-43H,14-34H2,1-13H3. The molecule has 0 aliphatic rings. The van der Waals surface area contributed by atoms with Gasteiger partial charge in [0.25, 0.3) is 0 Å². The van der Waals surface area contributed by atoms with Crippen LogP contribution in [-0.2, 0) is 0 Å². The SMILES string of the molecule is CCCCCC(CCC)CC(CCCC)C(CCC)(C(C)C(C)C(C)C)C(CC(CCC)CCCCC)C(C)C(CC)CC. The highest BCUT2D eigenvalue weighted by Crippen LogP contribution is 2.59. The Labute approximate surface area is 282 Å². The lowest BCUT2D eigenvalue weighted by Crippen LogP contribution is -2.50. The van der Waals surface area contributed by atoms with E-state index < -0.39 is 0 Å². The molecule has 44 heavy (non-hydrogen) atoms. The molecule has 0 heterocycles. The zero-order valence-electron chi connectivity index (χ0n) is 33.5. The third kappa shape index (κ3) is 14.4. The van der Waals surface area contributed by atoms with Crippen LogP contribution in [0.25, 0.3) is 0 Å². The molecular formula is C44H90. The fourth-order valence-electron chi connectivity index (χ4n) is 10.2. The van der Waals surface area contributed by atoms with Crippen LogP contribution < -0.4 is 0 Å². The van der Waals surface area contributed by atoms with Gasteiger partial charge in [0, 0.05) is 0 Å². The van der Waals surface area contributed by atoms with Crippen LogP contribution in [0.3, 0.4) is 0 Å². The third-order valence-corrected chi connectivity index (χ3v) is 13.2. The van der Waals surface area contributed by atoms with E-state index in [4.69, 9.17) is 0 Å². The molecule has 0 N–H and O–H groups in total. The van der Waals surface area contributed by atoms with Gasteiger partial charge >= 0.3 is 0 Å². The van der Waals surface area contributed by atoms with Crippen LogP contribution in [0.1, 0.15) is 225 Å². The quantitative estimate of drug-likeness (QED) is 0.0702. The summed E-state index contributed by atoms with van der Waals surface area (Å²) in [7, 11) is 0. The normalized spacial score (nSPS) is 18.6. The minimum atomic E-state index is 0.448. The molecule has 0 radical (unpaired) electrons. The van der Waals surface area contributed by atoms with E-state index >= 15 is 0 Å². The van der Waals surface area contributed by atoms with Crippen molar-refractivity contribution in [2.75, 3.05) is 0 Å². The first-order valence-corrected chi connectivity index (χ1v) is 21.1. The number of hydrogen-bond donors (Lipinski definition) is 0. The van der Waals surface area contributed by atoms with Gasteiger partial charge in [-0.05, 0) is 84.4 Å². The van der Waals surface area contributed by atoms with Crippen molar-refractivity contribution in [1.82, 2.24) is 0 Å². The van der Waals surface area contributed by atoms with Crippen molar-refractivity contribution in [3.05, 3.63) is 0 Å². The number of unbranched alkanes of at least 4 members (excludes halogenated alkanes) is 5. The van der Waals surface area contributed by atoms with E-state index in [9.17, 15) is 0 Å². The molecular weight excluding hydrogens is 528 g/mol. The minimum absolute atomic E-state index is 0.448. The number of rotatable bonds is 30. The second-order valence-electron chi connectivity index (χ2n) is 16.4. The molecule has 0 aliphatic heterocycles. The average molecular weight is 619 g/mol. The van der Waals surface area contributed by atoms with Crippen molar-refractivity contribution in [2.45, 2.75) is 225 Å². The van der Waals surface area contributed by atoms with Gasteiger partial charge in [-0.25, -0.2) is 0 Å². The highest BCUT2D eigenvalue weighted by atomic mass is 14.6. The predicted octanol–water partition coefficient (Wildman–Crippen LogP) is 16.0. The van der Waals surface area contributed by atoms with Gasteiger partial charge in [-0.1, -0.05) is 199 Å². The largest absolute Gasteiger partial charge is 0.0654 e. The zero-order chi connectivity index (χ0) is 33.5. The van der Waals surface area contributed by atoms with Crippen LogP contribution in [0.4, 0.5) is 0 Å². The Kier molecular flexibility index (Phi) is 26.0. The molecule has 0 aliphatic carbocycles. The Hall–Kier alpha value is 0. The summed E-state index contributed by atoms with van der Waals surface area (Å²) >= 11 is 0. The van der Waals surface area contributed by atoms with Crippen molar-refractivity contribution in [1.29, 1.82) is 0 Å². The lowest BCUT2D eigenvalue weighted by molar-refractivity contribution is -0.0879. The molecule has 0 aromatic carbocycles. The molecule has 0 aromatic rings. The maximum Gasteiger partial charge on any atom is -0.0210 e. The van der Waals surface area contributed by atoms with Crippen molar-refractivity contribution in [2.24, 2.45) is 58.7 Å². The lowest BCUT2D eigenvalue weighted by Gasteiger charge is -2.57. The van der Waals surface area contributed by atoms with Crippen molar-refractivity contribution in [3.8, 4) is 0 Å². The van der Waals surface area contributed by atoms with Crippen LogP contribution in [-0.4, -0.2) is 0 Å². The summed E-state index contributed by atoms with van der Waals surface area (Å²) in [6.45, 7) is 33.0. The summed E-state index contributed by atoms with van der Waals surface area (Å²) in [6.07, 6.45) is 29.8. The van der Waals surface area contributed by atoms with Gasteiger partial charge in [-0.3, -0.25) is 0 Å². The van der Waals surface area contributed by atoms with Crippen molar-refractivity contribution in [3.63, 3.8) is 0 Å². The molecule has 0 heteroatoms. The molecule has 0 saturated carbocycles. The summed E-state index contributed by atoms with van der Waals surface area (Å²) in [6, 6.07) is 0. The van der Waals surface area contributed by atoms with E-state index in [2.05, 4.69) is 90.0 Å². The van der Waals surface area contributed by atoms with Gasteiger partial charge in [-0.2, -0.15) is 0 Å². The first-order chi connectivity index (χ1) is 21.1. The molecule has 8 atom stereocenters. The smallest absolute Gasteiger partial charge is 0.0210 e. The van der Waals surface area contributed by atoms with Crippen molar-refractivity contribution < 1.29 is 0 Å². The highest BCUT2D eigenvalue weighted by molar-refractivity contribution is 5.01. The van der Waals surface area contributed by atoms with Gasteiger partial charge in [0.15, 0.2) is 0 Å². The van der Waals surface area contributed by atoms with Crippen LogP contribution in [0, 0.1) is 58.7 Å². The summed E-state index contributed by atoms with van der Waals surface area (Å²) < 4.78 is 0. The van der Waals surface area contributed by atoms with Crippen LogP contribution >= 0.6 is 0 Å². The first kappa shape index (κ1) is 44.0. The molecule has 266 valence electrons. The summed E-state index contributed by atoms with van der Waals surface area (Å²) in [4.78, 5) is 0. The van der Waals surface area contributed by atoms with Gasteiger partial charge in [0.1, 0.15) is 0 Å². The van der Waals surface area contributed by atoms with Gasteiger partial charge in [-0.15, -0.1) is 0 Å². The van der Waals surface area contributed by atoms with Crippen LogP contribution in [0.2, 0.25) is 0 Å². The molecule has 0 bridgehead atoms. The van der Waals surface area contributed by atoms with Gasteiger partial charge in [0.2, 0.25) is 0 Å². The van der Waals surface area contributed by atoms with Gasteiger partial charge < -0.3 is 0 Å². The van der Waals surface area contributed by atoms with E-state index in [1.54, 1.807) is 0 Å². The zero-order valence-corrected chi connectivity index (χ0v) is 33.5. The third-order valence-electron chi connectivity index (χ3n) is 13.2. The fraction of sp³-hybridized carbons (Fsp3) is 1.00. The maximum absolute atomic E-state index is 2.78. The molecule has 0 spiro atoms. The molecule has 8 unspecified atom stereocenters. The van der Waals surface area contributed by atoms with E-state index in [0.717, 1.165) is 53.3 Å². The fourth-order valence-corrected chi connectivity index (χ4v) is 10.2. The van der Waals surface area contributed by atoms with E-state index in [-0.39, 0.29) is 0 Å². The molecule has 0 aromatic heterocycles. The Bertz CT molecular complexity index is 616. The van der Waals surface area contributed by atoms with Crippen molar-refractivity contribution >= 4 is 0 Å². The Morgan fingerprint density at radius 2 is 0.955 bits per heavy atom. The second-order valence-corrected chi connectivity index (χ2v) is 16.4. The monoisotopic (exact) mass is 619 g/mol. The molecule has 0 fully saturated rings. The summed E-state index contributed by atoms with van der Waals surface area (Å²) in [5, 5.41) is 0. The Morgan fingerprint density at radius 3 is 1.36 bits per heavy atom. The predicted molar refractivity (Wildman–Crippen MR) is 205 cm³/mol. The Morgan fingerprint density at radius 1 is 0.455 bits per heavy atom. The van der Waals surface area contributed by atoms with Crippen LogP contribution in [0.15, 0.2) is 0 Å². The highest BCUT2D eigenvalue weighted by Gasteiger charge is 2.52. The van der Waals surface area contributed by atoms with Crippen LogP contribution in [0.5, 0.6) is 0 Å². The van der Waals surface area contributed by atoms with E-state index in [1.807, 2.05) is 0 Å². The summed E-state index contributed by atoms with van der Waals surface area (Å²) in [5.74, 6) is 7.54. The average Bonchev–Trinajstić information content (AvgIpc) is 3.00. The molecule has 0 nitrogen and oxygen atoms in total. The topological polar surface area (TPSA) is 0 Å². The maximum atomic E-state index is 2.78. The Balaban J connectivity index is 7.45. The van der Waals surface area contributed by atoms with E-state index in [0.29, 0.717) is 5.41 Å². The van der Waals surface area contributed by atoms with Gasteiger partial charge in [0.05, 0.1) is 0 Å². The van der Waals surface area contributed by atoms with E-state index in [1.165, 1.54) is 135 Å². The molecule has 0 rings (SSSR count).